The van der Waals surface area contributed by atoms with E-state index >= 15 is 0 Å². The van der Waals surface area contributed by atoms with Crippen molar-refractivity contribution in [2.75, 3.05) is 45.7 Å². The lowest BCUT2D eigenvalue weighted by Crippen LogP contribution is -2.43. The summed E-state index contributed by atoms with van der Waals surface area (Å²) >= 11 is 0. The molecule has 26 heavy (non-hydrogen) atoms. The topological polar surface area (TPSA) is 54.9 Å². The van der Waals surface area contributed by atoms with Gasteiger partial charge in [-0.25, -0.2) is 4.98 Å². The Morgan fingerprint density at radius 3 is 2.54 bits per heavy atom. The predicted octanol–water partition coefficient (Wildman–Crippen LogP) is 2.71. The third kappa shape index (κ3) is 4.53. The van der Waals surface area contributed by atoms with Gasteiger partial charge in [0.25, 0.3) is 0 Å². The second kappa shape index (κ2) is 9.11. The summed E-state index contributed by atoms with van der Waals surface area (Å²) in [5, 5.41) is 0. The number of nitrogens with zero attached hydrogens (tertiary/aromatic N) is 3. The fraction of sp³-hybridized carbons (Fsp3) is 0.667. The summed E-state index contributed by atoms with van der Waals surface area (Å²) in [6.45, 7) is 4.38. The van der Waals surface area contributed by atoms with E-state index in [-0.39, 0.29) is 42.3 Å². The number of ether oxygens (including phenoxy) is 2. The fourth-order valence-electron chi connectivity index (χ4n) is 3.82. The van der Waals surface area contributed by atoms with Crippen molar-refractivity contribution in [1.82, 2.24) is 9.88 Å². The molecule has 1 spiro atoms. The van der Waals surface area contributed by atoms with Gasteiger partial charge in [-0.1, -0.05) is 0 Å². The average molecular weight is 406 g/mol. The molecule has 148 valence electrons. The molecule has 0 saturated carbocycles. The summed E-state index contributed by atoms with van der Waals surface area (Å²) in [5.41, 5.74) is 0.659. The number of aryl methyl sites for hydroxylation is 1. The number of carbonyl (C=O) groups is 1. The Morgan fingerprint density at radius 1 is 1.31 bits per heavy atom. The number of methoxy groups -OCH3 is 1. The SMILES string of the molecule is COc1ccc(C)nc1N1CCC2(CC1)CC(CN(C)C)OC2=O.Cl.Cl. The number of pyridine rings is 1. The van der Waals surface area contributed by atoms with Crippen molar-refractivity contribution < 1.29 is 14.3 Å². The minimum atomic E-state index is -0.311. The Bertz CT molecular complexity index is 620. The van der Waals surface area contributed by atoms with Crippen LogP contribution in [0.4, 0.5) is 5.82 Å². The molecule has 2 aliphatic heterocycles. The smallest absolute Gasteiger partial charge is 0.312 e. The largest absolute Gasteiger partial charge is 0.493 e. The number of rotatable bonds is 4. The van der Waals surface area contributed by atoms with Gasteiger partial charge in [0.15, 0.2) is 11.6 Å². The quantitative estimate of drug-likeness (QED) is 0.717. The van der Waals surface area contributed by atoms with Gasteiger partial charge in [0.2, 0.25) is 0 Å². The number of aromatic nitrogens is 1. The van der Waals surface area contributed by atoms with Crippen molar-refractivity contribution in [3.63, 3.8) is 0 Å². The molecule has 0 amide bonds. The Labute approximate surface area is 168 Å². The van der Waals surface area contributed by atoms with Crippen LogP contribution in [0.1, 0.15) is 25.0 Å². The monoisotopic (exact) mass is 405 g/mol. The molecule has 0 N–H and O–H groups in total. The number of esters is 1. The van der Waals surface area contributed by atoms with E-state index in [4.69, 9.17) is 9.47 Å². The molecule has 2 saturated heterocycles. The van der Waals surface area contributed by atoms with Gasteiger partial charge >= 0.3 is 5.97 Å². The van der Waals surface area contributed by atoms with Crippen molar-refractivity contribution in [1.29, 1.82) is 0 Å². The molecule has 6 nitrogen and oxygen atoms in total. The van der Waals surface area contributed by atoms with Crippen LogP contribution in [-0.2, 0) is 9.53 Å². The molecule has 3 heterocycles. The molecule has 0 bridgehead atoms. The van der Waals surface area contributed by atoms with E-state index in [1.54, 1.807) is 7.11 Å². The summed E-state index contributed by atoms with van der Waals surface area (Å²) in [6, 6.07) is 3.91. The van der Waals surface area contributed by atoms with Gasteiger partial charge < -0.3 is 19.3 Å². The first-order valence-corrected chi connectivity index (χ1v) is 8.56. The van der Waals surface area contributed by atoms with E-state index in [1.165, 1.54) is 0 Å². The Hall–Kier alpha value is -1.24. The van der Waals surface area contributed by atoms with Crippen LogP contribution >= 0.6 is 24.8 Å². The van der Waals surface area contributed by atoms with E-state index in [0.29, 0.717) is 0 Å². The maximum Gasteiger partial charge on any atom is 0.312 e. The zero-order valence-corrected chi connectivity index (χ0v) is 17.5. The lowest BCUT2D eigenvalue weighted by atomic mass is 9.76. The third-order valence-corrected chi connectivity index (χ3v) is 5.11. The Morgan fingerprint density at radius 2 is 1.96 bits per heavy atom. The van der Waals surface area contributed by atoms with Crippen LogP contribution in [0.2, 0.25) is 0 Å². The highest BCUT2D eigenvalue weighted by Gasteiger charge is 2.50. The molecule has 1 aromatic rings. The number of cyclic esters (lactones) is 1. The van der Waals surface area contributed by atoms with Crippen molar-refractivity contribution in [2.24, 2.45) is 5.41 Å². The molecule has 0 radical (unpaired) electrons. The minimum Gasteiger partial charge on any atom is -0.493 e. The third-order valence-electron chi connectivity index (χ3n) is 5.11. The highest BCUT2D eigenvalue weighted by atomic mass is 35.5. The Kier molecular flexibility index (Phi) is 7.99. The van der Waals surface area contributed by atoms with Crippen LogP contribution in [0.3, 0.4) is 0 Å². The van der Waals surface area contributed by atoms with Crippen molar-refractivity contribution in [3.05, 3.63) is 17.8 Å². The molecule has 0 aromatic carbocycles. The van der Waals surface area contributed by atoms with Crippen molar-refractivity contribution >= 4 is 36.6 Å². The maximum atomic E-state index is 12.5. The number of hydrogen-bond acceptors (Lipinski definition) is 6. The van der Waals surface area contributed by atoms with Crippen LogP contribution in [0, 0.1) is 12.3 Å². The van der Waals surface area contributed by atoms with E-state index in [2.05, 4.69) is 14.8 Å². The van der Waals surface area contributed by atoms with Crippen LogP contribution in [-0.4, -0.2) is 62.8 Å². The summed E-state index contributed by atoms with van der Waals surface area (Å²) in [5.74, 6) is 1.65. The van der Waals surface area contributed by atoms with Crippen LogP contribution in [0.5, 0.6) is 5.75 Å². The molecule has 0 aliphatic carbocycles. The van der Waals surface area contributed by atoms with E-state index in [1.807, 2.05) is 33.2 Å². The van der Waals surface area contributed by atoms with Crippen molar-refractivity contribution in [3.8, 4) is 5.75 Å². The second-order valence-corrected chi connectivity index (χ2v) is 7.24. The number of halogens is 2. The lowest BCUT2D eigenvalue weighted by molar-refractivity contribution is -0.150. The minimum absolute atomic E-state index is 0. The number of hydrogen-bond donors (Lipinski definition) is 0. The van der Waals surface area contributed by atoms with Crippen LogP contribution in [0.15, 0.2) is 12.1 Å². The highest BCUT2D eigenvalue weighted by Crippen LogP contribution is 2.44. The first kappa shape index (κ1) is 22.8. The van der Waals surface area contributed by atoms with Gasteiger partial charge in [-0.15, -0.1) is 24.8 Å². The summed E-state index contributed by atoms with van der Waals surface area (Å²) < 4.78 is 11.1. The number of carbonyl (C=O) groups excluding carboxylic acids is 1. The number of likely N-dealkylation sites (N-methyl/N-ethyl adjacent to an activating group) is 1. The standard InChI is InChI=1S/C18H27N3O3.2ClH/c1-13-5-6-15(23-4)16(19-13)21-9-7-18(8-10-21)11-14(12-20(2)3)24-17(18)22;;/h5-6,14H,7-12H2,1-4H3;2*1H. The highest BCUT2D eigenvalue weighted by molar-refractivity contribution is 5.85. The zero-order valence-electron chi connectivity index (χ0n) is 15.9. The first-order chi connectivity index (χ1) is 11.4. The van der Waals surface area contributed by atoms with E-state index < -0.39 is 0 Å². The zero-order chi connectivity index (χ0) is 17.3. The summed E-state index contributed by atoms with van der Waals surface area (Å²) in [7, 11) is 5.69. The van der Waals surface area contributed by atoms with Gasteiger partial charge in [-0.2, -0.15) is 0 Å². The van der Waals surface area contributed by atoms with Crippen LogP contribution in [0.25, 0.3) is 0 Å². The lowest BCUT2D eigenvalue weighted by Gasteiger charge is -2.37. The molecule has 1 unspecified atom stereocenters. The maximum absolute atomic E-state index is 12.5. The first-order valence-electron chi connectivity index (χ1n) is 8.56. The summed E-state index contributed by atoms with van der Waals surface area (Å²) in [4.78, 5) is 21.4. The predicted molar refractivity (Wildman–Crippen MR) is 107 cm³/mol. The van der Waals surface area contributed by atoms with Gasteiger partial charge in [0.1, 0.15) is 6.10 Å². The average Bonchev–Trinajstić information content (AvgIpc) is 2.82. The number of anilines is 1. The molecule has 2 fully saturated rings. The second-order valence-electron chi connectivity index (χ2n) is 7.24. The van der Waals surface area contributed by atoms with Crippen molar-refractivity contribution in [2.45, 2.75) is 32.3 Å². The molecule has 3 rings (SSSR count). The molecule has 1 atom stereocenters. The van der Waals surface area contributed by atoms with Crippen LogP contribution < -0.4 is 9.64 Å². The molecule has 2 aliphatic rings. The van der Waals surface area contributed by atoms with E-state index in [0.717, 1.165) is 56.2 Å². The van der Waals surface area contributed by atoms with E-state index in [9.17, 15) is 4.79 Å². The number of piperidine rings is 1. The van der Waals surface area contributed by atoms with Gasteiger partial charge in [-0.3, -0.25) is 4.79 Å². The van der Waals surface area contributed by atoms with Gasteiger partial charge in [0, 0.05) is 31.7 Å². The molecule has 8 heteroatoms. The van der Waals surface area contributed by atoms with Gasteiger partial charge in [0.05, 0.1) is 12.5 Å². The molecular weight excluding hydrogens is 377 g/mol. The Balaban J connectivity index is 0.00000169. The normalized spacial score (nSPS) is 21.2. The van der Waals surface area contributed by atoms with Gasteiger partial charge in [-0.05, 0) is 46.0 Å². The summed E-state index contributed by atoms with van der Waals surface area (Å²) in [6.07, 6.45) is 2.48. The fourth-order valence-corrected chi connectivity index (χ4v) is 3.82. The molecular formula is C18H29Cl2N3O3. The molecule has 1 aromatic heterocycles.